The Morgan fingerprint density at radius 3 is 2.47 bits per heavy atom. The van der Waals surface area contributed by atoms with Gasteiger partial charge in [-0.1, -0.05) is 48.5 Å². The summed E-state index contributed by atoms with van der Waals surface area (Å²) in [5.41, 5.74) is 2.91. The molecule has 1 N–H and O–H groups in total. The number of ketones is 1. The van der Waals surface area contributed by atoms with E-state index in [1.807, 2.05) is 54.6 Å². The highest BCUT2D eigenvalue weighted by Gasteiger charge is 2.44. The molecular formula is C28H23N3O4S. The molecule has 1 atom stereocenters. The van der Waals surface area contributed by atoms with E-state index in [9.17, 15) is 14.7 Å². The van der Waals surface area contributed by atoms with Crippen molar-refractivity contribution in [2.75, 3.05) is 7.11 Å². The molecule has 7 nitrogen and oxygen atoms in total. The van der Waals surface area contributed by atoms with Crippen molar-refractivity contribution in [3.05, 3.63) is 112 Å². The van der Waals surface area contributed by atoms with Gasteiger partial charge in [-0.15, -0.1) is 11.3 Å². The maximum absolute atomic E-state index is 13.9. The molecule has 5 rings (SSSR count). The first kappa shape index (κ1) is 23.4. The number of aliphatic hydroxyl groups excluding tert-OH is 1. The van der Waals surface area contributed by atoms with E-state index in [1.54, 1.807) is 38.6 Å². The number of thiazole rings is 1. The molecule has 1 amide bonds. The number of amides is 1. The van der Waals surface area contributed by atoms with Gasteiger partial charge in [-0.25, -0.2) is 4.98 Å². The number of hydrogen-bond acceptors (Lipinski definition) is 7. The summed E-state index contributed by atoms with van der Waals surface area (Å²) in [5.74, 6) is -0.964. The molecule has 180 valence electrons. The lowest BCUT2D eigenvalue weighted by Crippen LogP contribution is -2.30. The third-order valence-corrected chi connectivity index (χ3v) is 7.33. The van der Waals surface area contributed by atoms with Gasteiger partial charge in [0.15, 0.2) is 5.76 Å². The highest BCUT2D eigenvalue weighted by molar-refractivity contribution is 7.17. The Bertz CT molecular complexity index is 1460. The zero-order chi connectivity index (χ0) is 25.2. The Morgan fingerprint density at radius 2 is 1.75 bits per heavy atom. The molecule has 8 heteroatoms. The normalized spacial score (nSPS) is 15.4. The van der Waals surface area contributed by atoms with Gasteiger partial charge in [0.25, 0.3) is 5.91 Å². The summed E-state index contributed by atoms with van der Waals surface area (Å²) in [5, 5.41) is 11.7. The topological polar surface area (TPSA) is 92.6 Å². The van der Waals surface area contributed by atoms with Crippen LogP contribution in [0.3, 0.4) is 0 Å². The molecule has 2 aromatic heterocycles. The van der Waals surface area contributed by atoms with Crippen molar-refractivity contribution in [1.29, 1.82) is 0 Å². The molecular weight excluding hydrogens is 474 g/mol. The van der Waals surface area contributed by atoms with E-state index in [0.717, 1.165) is 11.1 Å². The lowest BCUT2D eigenvalue weighted by Gasteiger charge is -2.27. The maximum atomic E-state index is 13.9. The van der Waals surface area contributed by atoms with Crippen LogP contribution in [0.2, 0.25) is 0 Å². The third-order valence-electron chi connectivity index (χ3n) is 6.13. The molecule has 0 fully saturated rings. The van der Waals surface area contributed by atoms with Crippen LogP contribution in [0.25, 0.3) is 10.6 Å². The number of aromatic nitrogens is 2. The van der Waals surface area contributed by atoms with E-state index < -0.39 is 23.5 Å². The number of pyridine rings is 1. The lowest BCUT2D eigenvalue weighted by atomic mass is 9.95. The number of ether oxygens (including phenoxy) is 1. The molecule has 1 unspecified atom stereocenters. The van der Waals surface area contributed by atoms with Crippen molar-refractivity contribution >= 4 is 23.0 Å². The smallest absolute Gasteiger partial charge is 0.290 e. The first-order valence-corrected chi connectivity index (χ1v) is 12.1. The van der Waals surface area contributed by atoms with Crippen molar-refractivity contribution < 1.29 is 19.4 Å². The number of hydrogen-bond donors (Lipinski definition) is 1. The van der Waals surface area contributed by atoms with Crippen molar-refractivity contribution in [1.82, 2.24) is 14.9 Å². The summed E-state index contributed by atoms with van der Waals surface area (Å²) in [6, 6.07) is 19.6. The second kappa shape index (κ2) is 9.75. The minimum absolute atomic E-state index is 0.0347. The van der Waals surface area contributed by atoms with Crippen LogP contribution in [0, 0.1) is 6.92 Å². The predicted molar refractivity (Wildman–Crippen MR) is 137 cm³/mol. The summed E-state index contributed by atoms with van der Waals surface area (Å²) < 4.78 is 5.47. The van der Waals surface area contributed by atoms with Crippen molar-refractivity contribution in [3.8, 4) is 16.3 Å². The molecule has 4 aromatic rings. The minimum Gasteiger partial charge on any atom is -0.503 e. The molecule has 1 aliphatic rings. The molecule has 0 saturated heterocycles. The van der Waals surface area contributed by atoms with Crippen LogP contribution in [0.5, 0.6) is 5.75 Å². The summed E-state index contributed by atoms with van der Waals surface area (Å²) in [4.78, 5) is 37.8. The average Bonchev–Trinajstić information content (AvgIpc) is 3.42. The Morgan fingerprint density at radius 1 is 1.06 bits per heavy atom. The second-order valence-corrected chi connectivity index (χ2v) is 9.32. The van der Waals surface area contributed by atoms with Crippen LogP contribution in [-0.4, -0.2) is 38.8 Å². The van der Waals surface area contributed by atoms with Crippen molar-refractivity contribution in [2.24, 2.45) is 0 Å². The van der Waals surface area contributed by atoms with Gasteiger partial charge in [-0.05, 0) is 30.7 Å². The average molecular weight is 498 g/mol. The summed E-state index contributed by atoms with van der Waals surface area (Å²) in [6.07, 6.45) is 3.20. The number of methoxy groups -OCH3 is 1. The van der Waals surface area contributed by atoms with E-state index in [1.165, 1.54) is 16.2 Å². The van der Waals surface area contributed by atoms with Crippen LogP contribution < -0.4 is 4.74 Å². The van der Waals surface area contributed by atoms with Crippen LogP contribution >= 0.6 is 11.3 Å². The number of aliphatic hydroxyl groups is 1. The number of benzene rings is 2. The van der Waals surface area contributed by atoms with E-state index in [2.05, 4.69) is 9.97 Å². The van der Waals surface area contributed by atoms with Gasteiger partial charge < -0.3 is 14.7 Å². The molecule has 0 spiro atoms. The summed E-state index contributed by atoms with van der Waals surface area (Å²) in [7, 11) is 1.56. The summed E-state index contributed by atoms with van der Waals surface area (Å²) in [6.45, 7) is 1.91. The number of Topliss-reactive ketones (excluding diaryl/α,β-unsaturated/α-hetero) is 1. The highest BCUT2D eigenvalue weighted by Crippen LogP contribution is 2.42. The van der Waals surface area contributed by atoms with Gasteiger partial charge in [-0.2, -0.15) is 0 Å². The zero-order valence-corrected chi connectivity index (χ0v) is 20.5. The number of carbonyl (C=O) groups excluding carboxylic acids is 2. The fraction of sp³-hybridized carbons (Fsp3) is 0.143. The van der Waals surface area contributed by atoms with Gasteiger partial charge in [0, 0.05) is 23.5 Å². The quantitative estimate of drug-likeness (QED) is 0.348. The molecule has 0 bridgehead atoms. The first-order chi connectivity index (χ1) is 17.5. The number of aryl methyl sites for hydroxylation is 1. The molecule has 0 aliphatic carbocycles. The molecule has 3 heterocycles. The van der Waals surface area contributed by atoms with Crippen LogP contribution in [0.4, 0.5) is 0 Å². The van der Waals surface area contributed by atoms with Crippen molar-refractivity contribution in [3.63, 3.8) is 0 Å². The molecule has 0 radical (unpaired) electrons. The van der Waals surface area contributed by atoms with Gasteiger partial charge in [0.1, 0.15) is 10.8 Å². The van der Waals surface area contributed by atoms with Crippen LogP contribution in [0.15, 0.2) is 90.5 Å². The predicted octanol–water partition coefficient (Wildman–Crippen LogP) is 5.30. The molecule has 0 saturated carbocycles. The zero-order valence-electron chi connectivity index (χ0n) is 19.7. The third kappa shape index (κ3) is 4.16. The Kier molecular flexibility index (Phi) is 6.35. The van der Waals surface area contributed by atoms with Gasteiger partial charge in [0.2, 0.25) is 5.78 Å². The Balaban J connectivity index is 1.58. The number of para-hydroxylation sites is 1. The highest BCUT2D eigenvalue weighted by atomic mass is 32.1. The van der Waals surface area contributed by atoms with Gasteiger partial charge in [-0.3, -0.25) is 14.6 Å². The number of rotatable bonds is 7. The van der Waals surface area contributed by atoms with E-state index in [-0.39, 0.29) is 12.1 Å². The number of nitrogens with zero attached hydrogens (tertiary/aromatic N) is 3. The molecule has 2 aromatic carbocycles. The molecule has 1 aliphatic heterocycles. The SMILES string of the molecule is COc1ccccc1CN1C(=O)C(O)=C(C(=O)c2sc(-c3ccccc3)nc2C)C1c1ccncc1. The fourth-order valence-corrected chi connectivity index (χ4v) is 5.42. The number of carbonyl (C=O) groups is 2. The van der Waals surface area contributed by atoms with Crippen LogP contribution in [0.1, 0.15) is 32.5 Å². The fourth-order valence-electron chi connectivity index (χ4n) is 4.39. The second-order valence-electron chi connectivity index (χ2n) is 8.32. The van der Waals surface area contributed by atoms with Gasteiger partial charge in [0.05, 0.1) is 35.8 Å². The van der Waals surface area contributed by atoms with Crippen LogP contribution in [-0.2, 0) is 11.3 Å². The minimum atomic E-state index is -0.792. The largest absolute Gasteiger partial charge is 0.503 e. The Labute approximate surface area is 212 Å². The molecule has 36 heavy (non-hydrogen) atoms. The van der Waals surface area contributed by atoms with E-state index in [4.69, 9.17) is 4.74 Å². The first-order valence-electron chi connectivity index (χ1n) is 11.3. The van der Waals surface area contributed by atoms with Gasteiger partial charge >= 0.3 is 0 Å². The lowest BCUT2D eigenvalue weighted by molar-refractivity contribution is -0.130. The van der Waals surface area contributed by atoms with E-state index in [0.29, 0.717) is 26.9 Å². The summed E-state index contributed by atoms with van der Waals surface area (Å²) >= 11 is 1.25. The maximum Gasteiger partial charge on any atom is 0.290 e. The van der Waals surface area contributed by atoms with Crippen molar-refractivity contribution in [2.45, 2.75) is 19.5 Å². The van der Waals surface area contributed by atoms with E-state index >= 15 is 0 Å². The Hall–Kier alpha value is -4.30. The monoisotopic (exact) mass is 497 g/mol. The standard InChI is InChI=1S/C28H23N3O4S/c1-17-26(36-27(30-17)19-8-4-3-5-9-19)24(32)22-23(18-12-14-29-15-13-18)31(28(34)25(22)33)16-20-10-6-7-11-21(20)35-2/h3-15,23,33H,16H2,1-2H3.